The van der Waals surface area contributed by atoms with Gasteiger partial charge in [0.15, 0.2) is 0 Å². The van der Waals surface area contributed by atoms with E-state index in [1.165, 1.54) is 9.21 Å². The van der Waals surface area contributed by atoms with E-state index in [-0.39, 0.29) is 36.6 Å². The Kier molecular flexibility index (Phi) is 7.38. The summed E-state index contributed by atoms with van der Waals surface area (Å²) in [6, 6.07) is 9.39. The molecule has 1 aromatic rings. The van der Waals surface area contributed by atoms with Crippen LogP contribution in [0.4, 0.5) is 0 Å². The van der Waals surface area contributed by atoms with Crippen LogP contribution in [0.25, 0.3) is 0 Å². The lowest BCUT2D eigenvalue weighted by Gasteiger charge is -2.37. The van der Waals surface area contributed by atoms with E-state index in [2.05, 4.69) is 0 Å². The minimum Gasteiger partial charge on any atom is -0.480 e. The molecule has 0 radical (unpaired) electrons. The lowest BCUT2D eigenvalue weighted by atomic mass is 9.96. The molecule has 2 rings (SSSR count). The molecule has 1 aliphatic heterocycles. The largest absolute Gasteiger partial charge is 0.480 e. The summed E-state index contributed by atoms with van der Waals surface area (Å²) in [5.41, 5.74) is 1.03. The summed E-state index contributed by atoms with van der Waals surface area (Å²) in [5.74, 6) is -1.23. The molecule has 1 atom stereocenters. The molecule has 1 aromatic carbocycles. The van der Waals surface area contributed by atoms with Gasteiger partial charge in [0.25, 0.3) is 0 Å². The second kappa shape index (κ2) is 9.32. The minimum absolute atomic E-state index is 0.0180. The van der Waals surface area contributed by atoms with Gasteiger partial charge in [-0.15, -0.1) is 0 Å². The van der Waals surface area contributed by atoms with Gasteiger partial charge in [-0.3, -0.25) is 9.59 Å². The molecule has 1 N–H and O–H groups in total. The van der Waals surface area contributed by atoms with Crippen molar-refractivity contribution in [1.29, 1.82) is 0 Å². The van der Waals surface area contributed by atoms with Crippen molar-refractivity contribution in [2.24, 2.45) is 0 Å². The third-order valence-corrected chi connectivity index (χ3v) is 6.98. The lowest BCUT2D eigenvalue weighted by molar-refractivity contribution is -0.147. The number of carboxylic acid groups (broad SMARTS) is 1. The van der Waals surface area contributed by atoms with Crippen molar-refractivity contribution in [3.63, 3.8) is 0 Å². The molecule has 1 unspecified atom stereocenters. The summed E-state index contributed by atoms with van der Waals surface area (Å²) >= 11 is 0. The van der Waals surface area contributed by atoms with Crippen LogP contribution in [0.1, 0.15) is 44.6 Å². The van der Waals surface area contributed by atoms with Gasteiger partial charge in [0.1, 0.15) is 6.54 Å². The zero-order valence-corrected chi connectivity index (χ0v) is 16.7. The summed E-state index contributed by atoms with van der Waals surface area (Å²) in [7, 11) is -3.26. The first kappa shape index (κ1) is 21.4. The van der Waals surface area contributed by atoms with Gasteiger partial charge in [-0.25, -0.2) is 12.7 Å². The highest BCUT2D eigenvalue weighted by Gasteiger charge is 2.33. The van der Waals surface area contributed by atoms with Crippen LogP contribution in [0.5, 0.6) is 0 Å². The van der Waals surface area contributed by atoms with E-state index >= 15 is 0 Å². The maximum absolute atomic E-state index is 12.8. The summed E-state index contributed by atoms with van der Waals surface area (Å²) in [4.78, 5) is 25.5. The van der Waals surface area contributed by atoms with Crippen LogP contribution in [0.15, 0.2) is 30.3 Å². The predicted octanol–water partition coefficient (Wildman–Crippen LogP) is 1.91. The average molecular weight is 397 g/mol. The molecular formula is C19H28N2O5S. The third-order valence-electron chi connectivity index (χ3n) is 5.10. The first-order valence-corrected chi connectivity index (χ1v) is 10.9. The summed E-state index contributed by atoms with van der Waals surface area (Å²) in [5, 5.41) is 9.23. The zero-order valence-electron chi connectivity index (χ0n) is 15.9. The fourth-order valence-electron chi connectivity index (χ4n) is 3.46. The van der Waals surface area contributed by atoms with E-state index in [0.29, 0.717) is 25.9 Å². The van der Waals surface area contributed by atoms with Crippen molar-refractivity contribution in [3.8, 4) is 0 Å². The molecule has 150 valence electrons. The molecule has 1 aliphatic rings. The maximum atomic E-state index is 12.8. The number of carbonyl (C=O) groups excluding carboxylic acids is 1. The molecule has 1 saturated heterocycles. The highest BCUT2D eigenvalue weighted by Crippen LogP contribution is 2.24. The summed E-state index contributed by atoms with van der Waals surface area (Å²) in [6.45, 7) is 3.83. The Hall–Kier alpha value is -1.93. The van der Waals surface area contributed by atoms with E-state index in [4.69, 9.17) is 0 Å². The number of carboxylic acids is 1. The number of aliphatic carboxylic acids is 1. The van der Waals surface area contributed by atoms with E-state index in [1.807, 2.05) is 37.3 Å². The van der Waals surface area contributed by atoms with Crippen LogP contribution in [0.3, 0.4) is 0 Å². The maximum Gasteiger partial charge on any atom is 0.323 e. The van der Waals surface area contributed by atoms with E-state index in [1.54, 1.807) is 6.92 Å². The molecule has 0 saturated carbocycles. The smallest absolute Gasteiger partial charge is 0.323 e. The molecule has 0 spiro atoms. The van der Waals surface area contributed by atoms with Gasteiger partial charge in [-0.1, -0.05) is 37.3 Å². The van der Waals surface area contributed by atoms with Crippen LogP contribution in [-0.4, -0.2) is 66.0 Å². The van der Waals surface area contributed by atoms with E-state index in [0.717, 1.165) is 5.56 Å². The highest BCUT2D eigenvalue weighted by molar-refractivity contribution is 7.89. The number of rotatable bonds is 8. The fraction of sp³-hybridized carbons (Fsp3) is 0.579. The number of carbonyl (C=O) groups is 2. The van der Waals surface area contributed by atoms with Crippen molar-refractivity contribution in [2.45, 2.75) is 45.1 Å². The van der Waals surface area contributed by atoms with Crippen LogP contribution < -0.4 is 0 Å². The van der Waals surface area contributed by atoms with Gasteiger partial charge < -0.3 is 10.0 Å². The highest BCUT2D eigenvalue weighted by atomic mass is 32.2. The number of nitrogens with zero attached hydrogens (tertiary/aromatic N) is 2. The van der Waals surface area contributed by atoms with Gasteiger partial charge in [-0.2, -0.15) is 0 Å². The van der Waals surface area contributed by atoms with Crippen LogP contribution >= 0.6 is 0 Å². The summed E-state index contributed by atoms with van der Waals surface area (Å²) < 4.78 is 25.4. The van der Waals surface area contributed by atoms with Gasteiger partial charge in [0.05, 0.1) is 5.75 Å². The second-order valence-electron chi connectivity index (χ2n) is 6.96. The first-order chi connectivity index (χ1) is 12.7. The Morgan fingerprint density at radius 1 is 1.22 bits per heavy atom. The Labute approximate surface area is 161 Å². The zero-order chi connectivity index (χ0) is 20.0. The van der Waals surface area contributed by atoms with Crippen LogP contribution in [0.2, 0.25) is 0 Å². The Bertz CT molecular complexity index is 743. The number of sulfonamides is 1. The van der Waals surface area contributed by atoms with Crippen molar-refractivity contribution >= 4 is 21.9 Å². The van der Waals surface area contributed by atoms with Crippen LogP contribution in [0, 0.1) is 0 Å². The minimum atomic E-state index is -3.26. The van der Waals surface area contributed by atoms with Gasteiger partial charge in [0, 0.05) is 25.6 Å². The van der Waals surface area contributed by atoms with Crippen LogP contribution in [-0.2, 0) is 19.6 Å². The summed E-state index contributed by atoms with van der Waals surface area (Å²) in [6.07, 6.45) is 1.14. The SMILES string of the molecule is CCS(=O)(=O)N1CCC(N(CC(=O)O)C(=O)CC(C)c2ccccc2)CC1. The van der Waals surface area contributed by atoms with Gasteiger partial charge in [0.2, 0.25) is 15.9 Å². The van der Waals surface area contributed by atoms with Crippen molar-refractivity contribution in [1.82, 2.24) is 9.21 Å². The van der Waals surface area contributed by atoms with E-state index < -0.39 is 16.0 Å². The molecule has 7 nitrogen and oxygen atoms in total. The molecule has 8 heteroatoms. The van der Waals surface area contributed by atoms with Crippen molar-refractivity contribution in [3.05, 3.63) is 35.9 Å². The Morgan fingerprint density at radius 3 is 2.33 bits per heavy atom. The van der Waals surface area contributed by atoms with Crippen molar-refractivity contribution in [2.75, 3.05) is 25.4 Å². The van der Waals surface area contributed by atoms with Gasteiger partial charge >= 0.3 is 5.97 Å². The fourth-order valence-corrected chi connectivity index (χ4v) is 4.59. The molecule has 27 heavy (non-hydrogen) atoms. The standard InChI is InChI=1S/C19H28N2O5S/c1-3-27(25,26)20-11-9-17(10-12-20)21(14-19(23)24)18(22)13-15(2)16-7-5-4-6-8-16/h4-8,15,17H,3,9-14H2,1-2H3,(H,23,24). The molecular weight excluding hydrogens is 368 g/mol. The number of hydrogen-bond acceptors (Lipinski definition) is 4. The van der Waals surface area contributed by atoms with Gasteiger partial charge in [-0.05, 0) is 31.2 Å². The number of amides is 1. The second-order valence-corrected chi connectivity index (χ2v) is 9.22. The number of benzene rings is 1. The Balaban J connectivity index is 2.05. The third kappa shape index (κ3) is 5.77. The predicted molar refractivity (Wildman–Crippen MR) is 103 cm³/mol. The average Bonchev–Trinajstić information content (AvgIpc) is 2.66. The van der Waals surface area contributed by atoms with Crippen molar-refractivity contribution < 1.29 is 23.1 Å². The normalized spacial score (nSPS) is 17.4. The molecule has 1 heterocycles. The van der Waals surface area contributed by atoms with E-state index in [9.17, 15) is 23.1 Å². The Morgan fingerprint density at radius 2 is 1.81 bits per heavy atom. The molecule has 1 amide bonds. The topological polar surface area (TPSA) is 95.0 Å². The first-order valence-electron chi connectivity index (χ1n) is 9.28. The number of piperidine rings is 1. The number of hydrogen-bond donors (Lipinski definition) is 1. The molecule has 1 fully saturated rings. The quantitative estimate of drug-likeness (QED) is 0.724. The monoisotopic (exact) mass is 396 g/mol. The lowest BCUT2D eigenvalue weighted by Crippen LogP contribution is -2.50. The molecule has 0 bridgehead atoms. The molecule has 0 aliphatic carbocycles. The molecule has 0 aromatic heterocycles.